The van der Waals surface area contributed by atoms with Crippen LogP contribution in [-0.2, 0) is 11.8 Å². The summed E-state index contributed by atoms with van der Waals surface area (Å²) in [6, 6.07) is 15.7. The summed E-state index contributed by atoms with van der Waals surface area (Å²) in [7, 11) is 1.80. The molecule has 7 nitrogen and oxygen atoms in total. The Morgan fingerprint density at radius 2 is 1.79 bits per heavy atom. The Morgan fingerprint density at radius 3 is 2.52 bits per heavy atom. The number of halogens is 1. The second-order valence-corrected chi connectivity index (χ2v) is 7.63. The third-order valence-corrected chi connectivity index (χ3v) is 5.47. The fraction of sp³-hybridized carbons (Fsp3) is 0.200. The van der Waals surface area contributed by atoms with E-state index in [1.807, 2.05) is 25.1 Å². The Labute approximate surface area is 177 Å². The quantitative estimate of drug-likeness (QED) is 0.559. The van der Waals surface area contributed by atoms with Crippen molar-refractivity contribution in [1.82, 2.24) is 20.1 Å². The zero-order valence-corrected chi connectivity index (χ0v) is 17.5. The van der Waals surface area contributed by atoms with Crippen LogP contribution in [0.3, 0.4) is 0 Å². The largest absolute Gasteiger partial charge is 0.342 e. The number of hydrogen-bond donors (Lipinski definition) is 2. The maximum atomic E-state index is 12.3. The van der Waals surface area contributed by atoms with Crippen molar-refractivity contribution in [2.75, 3.05) is 11.1 Å². The molecule has 0 saturated carbocycles. The molecule has 0 spiro atoms. The number of aromatic nitrogens is 3. The molecule has 3 rings (SSSR count). The molecule has 1 aromatic heterocycles. The smallest absolute Gasteiger partial charge is 0.251 e. The highest BCUT2D eigenvalue weighted by molar-refractivity contribution is 7.99. The molecule has 0 fully saturated rings. The molecule has 29 heavy (non-hydrogen) atoms. The van der Waals surface area contributed by atoms with E-state index >= 15 is 0 Å². The molecule has 0 aliphatic heterocycles. The second kappa shape index (κ2) is 9.58. The molecular formula is C20H20ClN5O2S. The SMILES string of the molecule is C[C@H](NC(=O)c1ccccc1)c1nnc(SCC(=O)Nc2ccccc2Cl)n1C. The summed E-state index contributed by atoms with van der Waals surface area (Å²) in [5.74, 6) is 0.373. The van der Waals surface area contributed by atoms with Crippen LogP contribution in [0.25, 0.3) is 0 Å². The predicted molar refractivity (Wildman–Crippen MR) is 114 cm³/mol. The maximum absolute atomic E-state index is 12.3. The minimum absolute atomic E-state index is 0.155. The molecule has 0 saturated heterocycles. The van der Waals surface area contributed by atoms with E-state index in [9.17, 15) is 9.59 Å². The fourth-order valence-electron chi connectivity index (χ4n) is 2.64. The summed E-state index contributed by atoms with van der Waals surface area (Å²) < 4.78 is 1.77. The highest BCUT2D eigenvalue weighted by Gasteiger charge is 2.19. The maximum Gasteiger partial charge on any atom is 0.251 e. The van der Waals surface area contributed by atoms with Crippen molar-refractivity contribution >= 4 is 40.9 Å². The van der Waals surface area contributed by atoms with E-state index in [4.69, 9.17) is 11.6 Å². The van der Waals surface area contributed by atoms with Crippen molar-refractivity contribution in [3.63, 3.8) is 0 Å². The first kappa shape index (κ1) is 20.9. The van der Waals surface area contributed by atoms with Crippen LogP contribution in [0, 0.1) is 0 Å². The summed E-state index contributed by atoms with van der Waals surface area (Å²) in [5, 5.41) is 15.0. The summed E-state index contributed by atoms with van der Waals surface area (Å²) >= 11 is 7.31. The van der Waals surface area contributed by atoms with Crippen LogP contribution in [0.4, 0.5) is 5.69 Å². The van der Waals surface area contributed by atoms with Gasteiger partial charge in [-0.25, -0.2) is 0 Å². The van der Waals surface area contributed by atoms with Gasteiger partial charge in [0.25, 0.3) is 5.91 Å². The number of para-hydroxylation sites is 1. The molecule has 0 bridgehead atoms. The molecule has 0 unspecified atom stereocenters. The van der Waals surface area contributed by atoms with E-state index in [1.165, 1.54) is 11.8 Å². The molecule has 0 aliphatic rings. The van der Waals surface area contributed by atoms with E-state index in [0.717, 1.165) is 0 Å². The summed E-state index contributed by atoms with van der Waals surface area (Å²) in [6.45, 7) is 1.84. The number of hydrogen-bond acceptors (Lipinski definition) is 5. The van der Waals surface area contributed by atoms with E-state index in [0.29, 0.717) is 27.3 Å². The number of rotatable bonds is 7. The zero-order chi connectivity index (χ0) is 20.8. The van der Waals surface area contributed by atoms with Crippen LogP contribution in [0.15, 0.2) is 59.8 Å². The van der Waals surface area contributed by atoms with Crippen molar-refractivity contribution in [2.24, 2.45) is 7.05 Å². The lowest BCUT2D eigenvalue weighted by Crippen LogP contribution is -2.28. The Balaban J connectivity index is 1.58. The van der Waals surface area contributed by atoms with Gasteiger partial charge in [0.15, 0.2) is 11.0 Å². The van der Waals surface area contributed by atoms with Crippen molar-refractivity contribution < 1.29 is 9.59 Å². The predicted octanol–water partition coefficient (Wildman–Crippen LogP) is 3.69. The van der Waals surface area contributed by atoms with Gasteiger partial charge in [-0.3, -0.25) is 9.59 Å². The standard InChI is InChI=1S/C20H20ClN5O2S/c1-13(22-19(28)14-8-4-3-5-9-14)18-24-25-20(26(18)2)29-12-17(27)23-16-11-7-6-10-15(16)21/h3-11,13H,12H2,1-2H3,(H,22,28)(H,23,27)/t13-/m0/s1. The first-order valence-electron chi connectivity index (χ1n) is 8.88. The number of anilines is 1. The van der Waals surface area contributed by atoms with Crippen LogP contribution < -0.4 is 10.6 Å². The molecule has 9 heteroatoms. The second-order valence-electron chi connectivity index (χ2n) is 6.28. The molecule has 1 atom stereocenters. The van der Waals surface area contributed by atoms with E-state index < -0.39 is 0 Å². The lowest BCUT2D eigenvalue weighted by Gasteiger charge is -2.13. The van der Waals surface area contributed by atoms with Gasteiger partial charge in [-0.05, 0) is 31.2 Å². The lowest BCUT2D eigenvalue weighted by atomic mass is 10.2. The van der Waals surface area contributed by atoms with Crippen LogP contribution in [0.5, 0.6) is 0 Å². The number of thioether (sulfide) groups is 1. The first-order chi connectivity index (χ1) is 14.0. The number of carbonyl (C=O) groups is 2. The van der Waals surface area contributed by atoms with E-state index in [-0.39, 0.29) is 23.6 Å². The third-order valence-electron chi connectivity index (χ3n) is 4.12. The third kappa shape index (κ3) is 5.36. The molecule has 3 aromatic rings. The monoisotopic (exact) mass is 429 g/mol. The molecule has 2 N–H and O–H groups in total. The van der Waals surface area contributed by atoms with Gasteiger partial charge in [-0.2, -0.15) is 0 Å². The fourth-order valence-corrected chi connectivity index (χ4v) is 3.54. The number of nitrogens with zero attached hydrogens (tertiary/aromatic N) is 3. The van der Waals surface area contributed by atoms with Gasteiger partial charge in [-0.1, -0.05) is 53.7 Å². The number of benzene rings is 2. The molecule has 2 amide bonds. The van der Waals surface area contributed by atoms with Crippen molar-refractivity contribution in [3.05, 3.63) is 71.0 Å². The average Bonchev–Trinajstić information content (AvgIpc) is 3.09. The van der Waals surface area contributed by atoms with Gasteiger partial charge in [0, 0.05) is 12.6 Å². The van der Waals surface area contributed by atoms with Gasteiger partial charge in [0.05, 0.1) is 22.5 Å². The Morgan fingerprint density at radius 1 is 1.10 bits per heavy atom. The first-order valence-corrected chi connectivity index (χ1v) is 10.2. The molecule has 2 aromatic carbocycles. The average molecular weight is 430 g/mol. The van der Waals surface area contributed by atoms with Crippen LogP contribution >= 0.6 is 23.4 Å². The Hall–Kier alpha value is -2.84. The molecule has 1 heterocycles. The minimum atomic E-state index is -0.341. The molecular weight excluding hydrogens is 410 g/mol. The normalized spacial score (nSPS) is 11.7. The van der Waals surface area contributed by atoms with Gasteiger partial charge in [-0.15, -0.1) is 10.2 Å². The summed E-state index contributed by atoms with van der Waals surface area (Å²) in [4.78, 5) is 24.5. The van der Waals surface area contributed by atoms with Crippen LogP contribution in [0.1, 0.15) is 29.1 Å². The zero-order valence-electron chi connectivity index (χ0n) is 15.9. The lowest BCUT2D eigenvalue weighted by molar-refractivity contribution is -0.113. The van der Waals surface area contributed by atoms with Gasteiger partial charge in [0.2, 0.25) is 5.91 Å². The Bertz CT molecular complexity index is 1010. The molecule has 150 valence electrons. The minimum Gasteiger partial charge on any atom is -0.342 e. The van der Waals surface area contributed by atoms with Crippen LogP contribution in [0.2, 0.25) is 5.02 Å². The number of amides is 2. The van der Waals surface area contributed by atoms with Crippen LogP contribution in [-0.4, -0.2) is 32.3 Å². The Kier molecular flexibility index (Phi) is 6.90. The molecule has 0 radical (unpaired) electrons. The number of nitrogens with one attached hydrogen (secondary N) is 2. The van der Waals surface area contributed by atoms with E-state index in [2.05, 4.69) is 20.8 Å². The van der Waals surface area contributed by atoms with Gasteiger partial charge >= 0.3 is 0 Å². The highest BCUT2D eigenvalue weighted by atomic mass is 35.5. The van der Waals surface area contributed by atoms with Crippen molar-refractivity contribution in [1.29, 1.82) is 0 Å². The van der Waals surface area contributed by atoms with Crippen molar-refractivity contribution in [3.8, 4) is 0 Å². The molecule has 0 aliphatic carbocycles. The number of carbonyl (C=O) groups excluding carboxylic acids is 2. The summed E-state index contributed by atoms with van der Waals surface area (Å²) in [5.41, 5.74) is 1.14. The highest BCUT2D eigenvalue weighted by Crippen LogP contribution is 2.22. The van der Waals surface area contributed by atoms with Gasteiger partial charge < -0.3 is 15.2 Å². The van der Waals surface area contributed by atoms with Crippen molar-refractivity contribution in [2.45, 2.75) is 18.1 Å². The summed E-state index contributed by atoms with van der Waals surface area (Å²) in [6.07, 6.45) is 0. The van der Waals surface area contributed by atoms with E-state index in [1.54, 1.807) is 48.0 Å². The topological polar surface area (TPSA) is 88.9 Å². The van der Waals surface area contributed by atoms with Gasteiger partial charge in [0.1, 0.15) is 0 Å².